The van der Waals surface area contributed by atoms with E-state index in [9.17, 15) is 12.8 Å². The second-order valence-corrected chi connectivity index (χ2v) is 6.62. The summed E-state index contributed by atoms with van der Waals surface area (Å²) in [5, 5.41) is 8.94. The predicted molar refractivity (Wildman–Crippen MR) is 71.1 cm³/mol. The molecule has 112 valence electrons. The minimum Gasteiger partial charge on any atom is -0.392 e. The fraction of sp³-hybridized carbons (Fsp3) is 0.538. The van der Waals surface area contributed by atoms with Crippen LogP contribution in [0, 0.1) is 5.82 Å². The zero-order valence-electron chi connectivity index (χ0n) is 11.3. The van der Waals surface area contributed by atoms with E-state index in [4.69, 9.17) is 9.84 Å². The van der Waals surface area contributed by atoms with Gasteiger partial charge in [-0.25, -0.2) is 12.8 Å². The second-order valence-electron chi connectivity index (χ2n) is 4.76. The van der Waals surface area contributed by atoms with Crippen LogP contribution in [-0.4, -0.2) is 44.1 Å². The third kappa shape index (κ3) is 3.17. The Morgan fingerprint density at radius 1 is 1.45 bits per heavy atom. The summed E-state index contributed by atoms with van der Waals surface area (Å²) in [5.74, 6) is -0.834. The Bertz CT molecular complexity index is 572. The van der Waals surface area contributed by atoms with Crippen LogP contribution in [0.1, 0.15) is 18.4 Å². The van der Waals surface area contributed by atoms with Gasteiger partial charge in [-0.3, -0.25) is 0 Å². The molecule has 0 heterocycles. The highest BCUT2D eigenvalue weighted by Gasteiger charge is 2.38. The largest absolute Gasteiger partial charge is 0.392 e. The molecule has 1 aliphatic carbocycles. The SMILES string of the molecule is COCCN(C1CC1)S(=O)(=O)c1ccc(CO)cc1F. The summed E-state index contributed by atoms with van der Waals surface area (Å²) in [6.07, 6.45) is 1.58. The molecule has 0 aliphatic heterocycles. The lowest BCUT2D eigenvalue weighted by Crippen LogP contribution is -2.36. The van der Waals surface area contributed by atoms with E-state index in [1.165, 1.54) is 23.5 Å². The number of sulfonamides is 1. The van der Waals surface area contributed by atoms with Crippen molar-refractivity contribution in [2.75, 3.05) is 20.3 Å². The standard InChI is InChI=1S/C13H18FNO4S/c1-19-7-6-15(11-3-4-11)20(17,18)13-5-2-10(9-16)8-12(13)14/h2,5,8,11,16H,3-4,6-7,9H2,1H3. The molecule has 1 N–H and O–H groups in total. The summed E-state index contributed by atoms with van der Waals surface area (Å²) in [6, 6.07) is 3.61. The number of ether oxygens (including phenoxy) is 1. The van der Waals surface area contributed by atoms with Crippen molar-refractivity contribution in [1.29, 1.82) is 0 Å². The van der Waals surface area contributed by atoms with Crippen molar-refractivity contribution in [2.45, 2.75) is 30.4 Å². The lowest BCUT2D eigenvalue weighted by Gasteiger charge is -2.21. The van der Waals surface area contributed by atoms with Crippen molar-refractivity contribution in [3.05, 3.63) is 29.6 Å². The summed E-state index contributed by atoms with van der Waals surface area (Å²) in [5.41, 5.74) is 0.344. The first kappa shape index (κ1) is 15.4. The zero-order valence-corrected chi connectivity index (χ0v) is 12.1. The molecule has 20 heavy (non-hydrogen) atoms. The predicted octanol–water partition coefficient (Wildman–Crippen LogP) is 1.12. The molecule has 1 fully saturated rings. The van der Waals surface area contributed by atoms with Crippen molar-refractivity contribution < 1.29 is 22.7 Å². The highest BCUT2D eigenvalue weighted by atomic mass is 32.2. The molecular weight excluding hydrogens is 285 g/mol. The lowest BCUT2D eigenvalue weighted by molar-refractivity contribution is 0.177. The maximum absolute atomic E-state index is 14.0. The van der Waals surface area contributed by atoms with Crippen molar-refractivity contribution in [3.63, 3.8) is 0 Å². The van der Waals surface area contributed by atoms with E-state index in [1.54, 1.807) is 0 Å². The smallest absolute Gasteiger partial charge is 0.246 e. The van der Waals surface area contributed by atoms with E-state index in [2.05, 4.69) is 0 Å². The number of methoxy groups -OCH3 is 1. The van der Waals surface area contributed by atoms with Crippen LogP contribution in [0.4, 0.5) is 4.39 Å². The minimum absolute atomic E-state index is 0.0629. The zero-order chi connectivity index (χ0) is 14.8. The number of nitrogens with zero attached hydrogens (tertiary/aromatic N) is 1. The van der Waals surface area contributed by atoms with Crippen LogP contribution in [0.2, 0.25) is 0 Å². The maximum atomic E-state index is 14.0. The van der Waals surface area contributed by atoms with Gasteiger partial charge in [-0.05, 0) is 30.5 Å². The first-order valence-corrected chi connectivity index (χ1v) is 7.84. The van der Waals surface area contributed by atoms with Crippen LogP contribution in [0.5, 0.6) is 0 Å². The first-order chi connectivity index (χ1) is 9.50. The third-order valence-corrected chi connectivity index (χ3v) is 5.22. The van der Waals surface area contributed by atoms with Crippen molar-refractivity contribution in [1.82, 2.24) is 4.31 Å². The first-order valence-electron chi connectivity index (χ1n) is 6.40. The van der Waals surface area contributed by atoms with Gasteiger partial charge in [0.25, 0.3) is 0 Å². The van der Waals surface area contributed by atoms with Gasteiger partial charge >= 0.3 is 0 Å². The number of hydrogen-bond donors (Lipinski definition) is 1. The molecule has 5 nitrogen and oxygen atoms in total. The van der Waals surface area contributed by atoms with Gasteiger partial charge < -0.3 is 9.84 Å². The lowest BCUT2D eigenvalue weighted by atomic mass is 10.2. The molecule has 7 heteroatoms. The molecule has 0 radical (unpaired) electrons. The van der Waals surface area contributed by atoms with Crippen molar-refractivity contribution in [2.24, 2.45) is 0 Å². The fourth-order valence-corrected chi connectivity index (χ4v) is 3.74. The van der Waals surface area contributed by atoms with Crippen LogP contribution >= 0.6 is 0 Å². The minimum atomic E-state index is -3.87. The Labute approximate surface area is 118 Å². The Morgan fingerprint density at radius 2 is 2.15 bits per heavy atom. The summed E-state index contributed by atoms with van der Waals surface area (Å²) in [6.45, 7) is 0.157. The molecule has 0 atom stereocenters. The Morgan fingerprint density at radius 3 is 2.65 bits per heavy atom. The molecule has 0 saturated heterocycles. The van der Waals surface area contributed by atoms with Crippen LogP contribution in [0.3, 0.4) is 0 Å². The van der Waals surface area contributed by atoms with Crippen LogP contribution < -0.4 is 0 Å². The Hall–Kier alpha value is -1.02. The Balaban J connectivity index is 2.32. The number of aliphatic hydroxyl groups excluding tert-OH is 1. The molecule has 0 spiro atoms. The quantitative estimate of drug-likeness (QED) is 0.819. The van der Waals surface area contributed by atoms with E-state index in [0.29, 0.717) is 5.56 Å². The molecule has 1 aliphatic rings. The van der Waals surface area contributed by atoms with Gasteiger partial charge in [-0.2, -0.15) is 4.31 Å². The van der Waals surface area contributed by atoms with E-state index in [0.717, 1.165) is 18.9 Å². The average molecular weight is 303 g/mol. The van der Waals surface area contributed by atoms with Crippen molar-refractivity contribution in [3.8, 4) is 0 Å². The molecule has 1 aromatic carbocycles. The summed E-state index contributed by atoms with van der Waals surface area (Å²) in [7, 11) is -2.37. The van der Waals surface area contributed by atoms with Crippen LogP contribution in [0.15, 0.2) is 23.1 Å². The molecule has 0 aromatic heterocycles. The summed E-state index contributed by atoms with van der Waals surface area (Å²) >= 11 is 0. The monoisotopic (exact) mass is 303 g/mol. The molecule has 1 saturated carbocycles. The molecule has 0 unspecified atom stereocenters. The highest BCUT2D eigenvalue weighted by molar-refractivity contribution is 7.89. The van der Waals surface area contributed by atoms with E-state index >= 15 is 0 Å². The van der Waals surface area contributed by atoms with Gasteiger partial charge in [0.2, 0.25) is 10.0 Å². The number of halogens is 1. The van der Waals surface area contributed by atoms with Crippen LogP contribution in [-0.2, 0) is 21.4 Å². The van der Waals surface area contributed by atoms with Gasteiger partial charge in [-0.15, -0.1) is 0 Å². The fourth-order valence-electron chi connectivity index (χ4n) is 2.02. The van der Waals surface area contributed by atoms with Gasteiger partial charge in [0.1, 0.15) is 10.7 Å². The van der Waals surface area contributed by atoms with E-state index in [1.807, 2.05) is 0 Å². The number of rotatable bonds is 7. The number of benzene rings is 1. The normalized spacial score (nSPS) is 15.8. The van der Waals surface area contributed by atoms with E-state index in [-0.39, 0.29) is 30.7 Å². The van der Waals surface area contributed by atoms with Gasteiger partial charge in [0, 0.05) is 19.7 Å². The average Bonchev–Trinajstić information content (AvgIpc) is 3.23. The molecular formula is C13H18FNO4S. The summed E-state index contributed by atoms with van der Waals surface area (Å²) in [4.78, 5) is -0.349. The van der Waals surface area contributed by atoms with Crippen LogP contribution in [0.25, 0.3) is 0 Å². The molecule has 0 bridgehead atoms. The molecule has 2 rings (SSSR count). The number of aliphatic hydroxyl groups is 1. The van der Waals surface area contributed by atoms with Gasteiger partial charge in [0.05, 0.1) is 13.2 Å². The molecule has 0 amide bonds. The summed E-state index contributed by atoms with van der Waals surface area (Å²) < 4.78 is 45.2. The highest BCUT2D eigenvalue weighted by Crippen LogP contribution is 2.32. The van der Waals surface area contributed by atoms with E-state index < -0.39 is 15.8 Å². The number of hydrogen-bond acceptors (Lipinski definition) is 4. The maximum Gasteiger partial charge on any atom is 0.246 e. The topological polar surface area (TPSA) is 66.8 Å². The second kappa shape index (κ2) is 6.17. The third-order valence-electron chi connectivity index (χ3n) is 3.24. The van der Waals surface area contributed by atoms with Crippen molar-refractivity contribution >= 4 is 10.0 Å². The Kier molecular flexibility index (Phi) is 4.74. The van der Waals surface area contributed by atoms with Gasteiger partial charge in [0.15, 0.2) is 0 Å². The molecule has 1 aromatic rings. The van der Waals surface area contributed by atoms with Gasteiger partial charge in [-0.1, -0.05) is 6.07 Å².